The first kappa shape index (κ1) is 21.4. The first-order chi connectivity index (χ1) is 15.3. The summed E-state index contributed by atoms with van der Waals surface area (Å²) in [6, 6.07) is 15.8. The molecule has 4 rings (SSSR count). The number of hydrogen-bond acceptors (Lipinski definition) is 4. The molecular weight excluding hydrogens is 417 g/mol. The number of alkyl halides is 3. The molecule has 0 spiro atoms. The molecule has 1 aromatic heterocycles. The molecule has 1 amide bonds. The topological polar surface area (TPSA) is 77.8 Å². The Labute approximate surface area is 182 Å². The SMILES string of the molecule is N#Cc1cccc(C(=O)NC2=C[C@@H](Nc3cc(C(F)(F)F)nc4ccccc34)CCC2)c1. The van der Waals surface area contributed by atoms with Gasteiger partial charge in [-0.1, -0.05) is 24.3 Å². The molecule has 32 heavy (non-hydrogen) atoms. The van der Waals surface area contributed by atoms with Crippen LogP contribution in [-0.2, 0) is 6.18 Å². The Kier molecular flexibility index (Phi) is 5.82. The van der Waals surface area contributed by atoms with E-state index in [0.717, 1.165) is 12.5 Å². The molecule has 1 heterocycles. The fraction of sp³-hybridized carbons (Fsp3) is 0.208. The maximum Gasteiger partial charge on any atom is 0.433 e. The van der Waals surface area contributed by atoms with E-state index in [0.29, 0.717) is 40.7 Å². The highest BCUT2D eigenvalue weighted by atomic mass is 19.4. The number of fused-ring (bicyclic) bond motifs is 1. The third-order valence-electron chi connectivity index (χ3n) is 5.24. The quantitative estimate of drug-likeness (QED) is 0.574. The van der Waals surface area contributed by atoms with E-state index in [1.165, 1.54) is 6.07 Å². The number of pyridine rings is 1. The lowest BCUT2D eigenvalue weighted by Gasteiger charge is -2.24. The molecule has 1 atom stereocenters. The zero-order chi connectivity index (χ0) is 22.7. The van der Waals surface area contributed by atoms with Gasteiger partial charge in [-0.15, -0.1) is 0 Å². The average Bonchev–Trinajstić information content (AvgIpc) is 2.78. The minimum Gasteiger partial charge on any atom is -0.378 e. The molecule has 0 radical (unpaired) electrons. The number of rotatable bonds is 4. The number of halogens is 3. The van der Waals surface area contributed by atoms with Crippen LogP contribution in [0.4, 0.5) is 18.9 Å². The molecule has 0 saturated carbocycles. The van der Waals surface area contributed by atoms with Crippen LogP contribution in [0.15, 0.2) is 66.4 Å². The summed E-state index contributed by atoms with van der Waals surface area (Å²) >= 11 is 0. The number of benzene rings is 2. The highest BCUT2D eigenvalue weighted by Crippen LogP contribution is 2.34. The van der Waals surface area contributed by atoms with E-state index in [1.807, 2.05) is 12.1 Å². The minimum absolute atomic E-state index is 0.253. The van der Waals surface area contributed by atoms with Crippen LogP contribution in [-0.4, -0.2) is 16.9 Å². The summed E-state index contributed by atoms with van der Waals surface area (Å²) in [4.78, 5) is 16.3. The van der Waals surface area contributed by atoms with Gasteiger partial charge in [-0.2, -0.15) is 18.4 Å². The zero-order valence-electron chi connectivity index (χ0n) is 16.9. The van der Waals surface area contributed by atoms with Gasteiger partial charge in [0.25, 0.3) is 5.91 Å². The van der Waals surface area contributed by atoms with Crippen LogP contribution in [0.2, 0.25) is 0 Å². The summed E-state index contributed by atoms with van der Waals surface area (Å²) < 4.78 is 40.0. The number of carbonyl (C=O) groups is 1. The van der Waals surface area contributed by atoms with E-state index in [9.17, 15) is 18.0 Å². The Balaban J connectivity index is 1.57. The first-order valence-corrected chi connectivity index (χ1v) is 10.1. The van der Waals surface area contributed by atoms with Gasteiger partial charge in [-0.25, -0.2) is 4.98 Å². The molecular formula is C24H19F3N4O. The van der Waals surface area contributed by atoms with Crippen molar-refractivity contribution in [3.8, 4) is 6.07 Å². The second-order valence-corrected chi connectivity index (χ2v) is 7.55. The third-order valence-corrected chi connectivity index (χ3v) is 5.24. The van der Waals surface area contributed by atoms with Gasteiger partial charge in [-0.05, 0) is 55.7 Å². The van der Waals surface area contributed by atoms with Crippen LogP contribution in [0.1, 0.15) is 40.9 Å². The molecule has 2 N–H and O–H groups in total. The summed E-state index contributed by atoms with van der Waals surface area (Å²) in [5.74, 6) is -0.331. The maximum absolute atomic E-state index is 13.3. The highest BCUT2D eigenvalue weighted by Gasteiger charge is 2.33. The summed E-state index contributed by atoms with van der Waals surface area (Å²) in [6.45, 7) is 0. The van der Waals surface area contributed by atoms with E-state index in [2.05, 4.69) is 15.6 Å². The molecule has 5 nitrogen and oxygen atoms in total. The smallest absolute Gasteiger partial charge is 0.378 e. The van der Waals surface area contributed by atoms with Crippen LogP contribution in [0.3, 0.4) is 0 Å². The van der Waals surface area contributed by atoms with Crippen LogP contribution < -0.4 is 10.6 Å². The molecule has 2 aromatic carbocycles. The van der Waals surface area contributed by atoms with E-state index in [4.69, 9.17) is 5.26 Å². The number of aromatic nitrogens is 1. The molecule has 0 unspecified atom stereocenters. The standard InChI is InChI=1S/C24H19F3N4O/c25-24(26,27)22-13-21(19-9-1-2-10-20(19)31-22)29-17-7-4-8-18(12-17)30-23(32)16-6-3-5-15(11-16)14-28/h1-3,5-6,9-13,17H,4,7-8H2,(H,29,31)(H,30,32)/t17-/m0/s1. The Morgan fingerprint density at radius 1 is 1.12 bits per heavy atom. The Hall–Kier alpha value is -3.86. The van der Waals surface area contributed by atoms with Crippen LogP contribution in [0.5, 0.6) is 0 Å². The number of nitriles is 1. The van der Waals surface area contributed by atoms with Crippen molar-refractivity contribution in [1.29, 1.82) is 5.26 Å². The molecule has 8 heteroatoms. The van der Waals surface area contributed by atoms with Crippen molar-refractivity contribution in [2.75, 3.05) is 5.32 Å². The molecule has 162 valence electrons. The maximum atomic E-state index is 13.3. The number of nitrogens with one attached hydrogen (secondary N) is 2. The lowest BCUT2D eigenvalue weighted by Crippen LogP contribution is -2.29. The van der Waals surface area contributed by atoms with Gasteiger partial charge in [0.2, 0.25) is 0 Å². The van der Waals surface area contributed by atoms with Crippen LogP contribution in [0.25, 0.3) is 10.9 Å². The molecule has 0 aliphatic heterocycles. The van der Waals surface area contributed by atoms with E-state index >= 15 is 0 Å². The molecule has 1 aliphatic rings. The average molecular weight is 436 g/mol. The fourth-order valence-electron chi connectivity index (χ4n) is 3.73. The van der Waals surface area contributed by atoms with Crippen LogP contribution in [0, 0.1) is 11.3 Å². The summed E-state index contributed by atoms with van der Waals surface area (Å²) in [5, 5.41) is 15.6. The van der Waals surface area contributed by atoms with Crippen LogP contribution >= 0.6 is 0 Å². The van der Waals surface area contributed by atoms with E-state index in [-0.39, 0.29) is 17.5 Å². The minimum atomic E-state index is -4.56. The number of para-hydroxylation sites is 1. The van der Waals surface area contributed by atoms with E-state index in [1.54, 1.807) is 42.5 Å². The number of nitrogens with zero attached hydrogens (tertiary/aromatic N) is 2. The first-order valence-electron chi connectivity index (χ1n) is 10.1. The number of hydrogen-bond donors (Lipinski definition) is 2. The number of amides is 1. The molecule has 0 saturated heterocycles. The predicted molar refractivity (Wildman–Crippen MR) is 115 cm³/mol. The van der Waals surface area contributed by atoms with Gasteiger partial charge in [0, 0.05) is 28.4 Å². The molecule has 1 aliphatic carbocycles. The van der Waals surface area contributed by atoms with E-state index < -0.39 is 11.9 Å². The lowest BCUT2D eigenvalue weighted by molar-refractivity contribution is -0.140. The monoisotopic (exact) mass is 436 g/mol. The predicted octanol–water partition coefficient (Wildman–Crippen LogP) is 5.40. The third kappa shape index (κ3) is 4.72. The second-order valence-electron chi connectivity index (χ2n) is 7.55. The summed E-state index contributed by atoms with van der Waals surface area (Å²) in [6.07, 6.45) is -0.608. The van der Waals surface area contributed by atoms with Gasteiger partial charge >= 0.3 is 6.18 Å². The second kappa shape index (κ2) is 8.71. The largest absolute Gasteiger partial charge is 0.433 e. The number of allylic oxidation sites excluding steroid dienone is 1. The van der Waals surface area contributed by atoms with Gasteiger partial charge in [0.1, 0.15) is 5.69 Å². The Morgan fingerprint density at radius 2 is 1.94 bits per heavy atom. The fourth-order valence-corrected chi connectivity index (χ4v) is 3.73. The summed E-state index contributed by atoms with van der Waals surface area (Å²) in [7, 11) is 0. The number of anilines is 1. The van der Waals surface area contributed by atoms with Crippen molar-refractivity contribution in [2.24, 2.45) is 0 Å². The van der Waals surface area contributed by atoms with Crippen molar-refractivity contribution in [3.63, 3.8) is 0 Å². The van der Waals surface area contributed by atoms with Crippen molar-refractivity contribution < 1.29 is 18.0 Å². The number of carbonyl (C=O) groups excluding carboxylic acids is 1. The lowest BCUT2D eigenvalue weighted by atomic mass is 9.98. The van der Waals surface area contributed by atoms with Gasteiger partial charge in [0.15, 0.2) is 0 Å². The molecule has 3 aromatic rings. The summed E-state index contributed by atoms with van der Waals surface area (Å²) in [5.41, 5.74) is 1.10. The van der Waals surface area contributed by atoms with Gasteiger partial charge < -0.3 is 10.6 Å². The Bertz CT molecular complexity index is 1240. The van der Waals surface area contributed by atoms with Gasteiger partial charge in [0.05, 0.1) is 17.1 Å². The highest BCUT2D eigenvalue weighted by molar-refractivity contribution is 5.95. The molecule has 0 fully saturated rings. The van der Waals surface area contributed by atoms with Crippen molar-refractivity contribution in [1.82, 2.24) is 10.3 Å². The van der Waals surface area contributed by atoms with Crippen molar-refractivity contribution >= 4 is 22.5 Å². The Morgan fingerprint density at radius 3 is 2.72 bits per heavy atom. The van der Waals surface area contributed by atoms with Gasteiger partial charge in [-0.3, -0.25) is 4.79 Å². The zero-order valence-corrected chi connectivity index (χ0v) is 16.9. The normalized spacial score (nSPS) is 16.2. The van der Waals surface area contributed by atoms with Crippen molar-refractivity contribution in [3.05, 3.63) is 83.2 Å². The molecule has 0 bridgehead atoms. The van der Waals surface area contributed by atoms with Crippen molar-refractivity contribution in [2.45, 2.75) is 31.5 Å².